The maximum absolute atomic E-state index is 12.0. The minimum absolute atomic E-state index is 0.212. The van der Waals surface area contributed by atoms with Crippen LogP contribution in [-0.4, -0.2) is 55.1 Å². The van der Waals surface area contributed by atoms with Crippen LogP contribution in [0.25, 0.3) is 0 Å². The summed E-state index contributed by atoms with van der Waals surface area (Å²) >= 11 is 6.22. The number of hydrogen-bond donors (Lipinski definition) is 0. The largest absolute Gasteiger partial charge is 0.384 e. The molecule has 2 aliphatic heterocycles. The topological polar surface area (TPSA) is 32.8 Å². The first-order valence-electron chi connectivity index (χ1n) is 7.43. The van der Waals surface area contributed by atoms with Gasteiger partial charge in [-0.1, -0.05) is 29.8 Å². The number of fused-ring (bicyclic) bond motifs is 1. The number of nitrogens with zero attached hydrogens (tertiary/aromatic N) is 2. The van der Waals surface area contributed by atoms with Gasteiger partial charge in [0.15, 0.2) is 0 Å². The van der Waals surface area contributed by atoms with Crippen molar-refractivity contribution in [3.63, 3.8) is 0 Å². The first kappa shape index (κ1) is 14.8. The van der Waals surface area contributed by atoms with Crippen LogP contribution in [0.2, 0.25) is 5.02 Å². The van der Waals surface area contributed by atoms with Crippen molar-refractivity contribution in [1.82, 2.24) is 9.80 Å². The Balaban J connectivity index is 1.55. The summed E-state index contributed by atoms with van der Waals surface area (Å²) in [5.41, 5.74) is 1.17. The van der Waals surface area contributed by atoms with Crippen LogP contribution in [0.15, 0.2) is 24.3 Å². The fourth-order valence-corrected chi connectivity index (χ4v) is 3.52. The standard InChI is InChI=1S/C16H21ClN2O2/c1-21-7-6-16(20)19-10-13-9-18(15(13)11-19)8-12-4-2-3-5-14(12)17/h2-5,13,15H,6-11H2,1H3/t13-,15-/m1/s1. The Morgan fingerprint density at radius 1 is 1.33 bits per heavy atom. The number of amides is 1. The second-order valence-corrected chi connectivity index (χ2v) is 6.30. The van der Waals surface area contributed by atoms with Crippen molar-refractivity contribution in [2.45, 2.75) is 19.0 Å². The van der Waals surface area contributed by atoms with Crippen LogP contribution in [0.4, 0.5) is 0 Å². The Bertz CT molecular complexity index is 523. The van der Waals surface area contributed by atoms with E-state index in [9.17, 15) is 4.79 Å². The third-order valence-corrected chi connectivity index (χ3v) is 4.92. The maximum atomic E-state index is 12.0. The van der Waals surface area contributed by atoms with E-state index in [4.69, 9.17) is 16.3 Å². The lowest BCUT2D eigenvalue weighted by Crippen LogP contribution is -2.54. The molecule has 0 unspecified atom stereocenters. The highest BCUT2D eigenvalue weighted by molar-refractivity contribution is 6.31. The monoisotopic (exact) mass is 308 g/mol. The van der Waals surface area contributed by atoms with Crippen LogP contribution in [-0.2, 0) is 16.1 Å². The van der Waals surface area contributed by atoms with Crippen LogP contribution in [0.1, 0.15) is 12.0 Å². The molecule has 2 heterocycles. The molecule has 114 valence electrons. The van der Waals surface area contributed by atoms with Crippen molar-refractivity contribution in [3.8, 4) is 0 Å². The molecule has 0 aliphatic carbocycles. The number of halogens is 1. The second kappa shape index (κ2) is 6.34. The zero-order valence-corrected chi connectivity index (χ0v) is 13.1. The second-order valence-electron chi connectivity index (χ2n) is 5.89. The number of rotatable bonds is 5. The van der Waals surface area contributed by atoms with Gasteiger partial charge in [0, 0.05) is 50.3 Å². The summed E-state index contributed by atoms with van der Waals surface area (Å²) < 4.78 is 4.98. The number of ether oxygens (including phenoxy) is 1. The highest BCUT2D eigenvalue weighted by Crippen LogP contribution is 2.34. The first-order valence-corrected chi connectivity index (χ1v) is 7.81. The molecule has 0 aromatic heterocycles. The Labute approximate surface area is 130 Å². The molecule has 2 aliphatic rings. The van der Waals surface area contributed by atoms with E-state index < -0.39 is 0 Å². The fraction of sp³-hybridized carbons (Fsp3) is 0.562. The summed E-state index contributed by atoms with van der Waals surface area (Å²) in [4.78, 5) is 16.5. The van der Waals surface area contributed by atoms with Gasteiger partial charge in [-0.2, -0.15) is 0 Å². The lowest BCUT2D eigenvalue weighted by atomic mass is 9.91. The summed E-state index contributed by atoms with van der Waals surface area (Å²) in [5, 5.41) is 0.826. The molecule has 21 heavy (non-hydrogen) atoms. The molecule has 2 fully saturated rings. The van der Waals surface area contributed by atoms with E-state index in [2.05, 4.69) is 11.0 Å². The van der Waals surface area contributed by atoms with Gasteiger partial charge < -0.3 is 9.64 Å². The van der Waals surface area contributed by atoms with E-state index in [1.54, 1.807) is 7.11 Å². The zero-order chi connectivity index (χ0) is 14.8. The molecule has 3 rings (SSSR count). The van der Waals surface area contributed by atoms with E-state index in [-0.39, 0.29) is 5.91 Å². The molecule has 0 spiro atoms. The van der Waals surface area contributed by atoms with Gasteiger partial charge in [-0.3, -0.25) is 9.69 Å². The van der Waals surface area contributed by atoms with Crippen LogP contribution < -0.4 is 0 Å². The molecule has 0 bridgehead atoms. The van der Waals surface area contributed by atoms with Crippen molar-refractivity contribution in [3.05, 3.63) is 34.9 Å². The molecule has 0 radical (unpaired) electrons. The molecule has 2 saturated heterocycles. The van der Waals surface area contributed by atoms with Gasteiger partial charge in [0.2, 0.25) is 5.91 Å². The van der Waals surface area contributed by atoms with Crippen molar-refractivity contribution >= 4 is 17.5 Å². The number of benzene rings is 1. The van der Waals surface area contributed by atoms with Crippen molar-refractivity contribution in [2.24, 2.45) is 5.92 Å². The van der Waals surface area contributed by atoms with Crippen molar-refractivity contribution in [2.75, 3.05) is 33.4 Å². The van der Waals surface area contributed by atoms with Gasteiger partial charge in [0.05, 0.1) is 13.0 Å². The molecule has 2 atom stereocenters. The normalized spacial score (nSPS) is 24.8. The number of hydrogen-bond acceptors (Lipinski definition) is 3. The smallest absolute Gasteiger partial charge is 0.224 e. The van der Waals surface area contributed by atoms with Crippen LogP contribution in [0, 0.1) is 5.92 Å². The predicted molar refractivity (Wildman–Crippen MR) is 82.2 cm³/mol. The molecule has 0 saturated carbocycles. The predicted octanol–water partition coefficient (Wildman–Crippen LogP) is 2.02. The van der Waals surface area contributed by atoms with Crippen molar-refractivity contribution in [1.29, 1.82) is 0 Å². The number of carbonyl (C=O) groups is 1. The minimum atomic E-state index is 0.212. The van der Waals surface area contributed by atoms with E-state index in [0.29, 0.717) is 25.0 Å². The lowest BCUT2D eigenvalue weighted by molar-refractivity contribution is -0.131. The molecule has 1 aromatic carbocycles. The van der Waals surface area contributed by atoms with E-state index in [1.807, 2.05) is 23.1 Å². The van der Waals surface area contributed by atoms with E-state index in [0.717, 1.165) is 31.2 Å². The third kappa shape index (κ3) is 3.07. The molecule has 0 N–H and O–H groups in total. The molecule has 4 nitrogen and oxygen atoms in total. The van der Waals surface area contributed by atoms with Gasteiger partial charge in [-0.05, 0) is 11.6 Å². The van der Waals surface area contributed by atoms with Crippen LogP contribution in [0.5, 0.6) is 0 Å². The van der Waals surface area contributed by atoms with Gasteiger partial charge in [0.25, 0.3) is 0 Å². The highest BCUT2D eigenvalue weighted by Gasteiger charge is 2.46. The number of likely N-dealkylation sites (tertiary alicyclic amines) is 2. The Morgan fingerprint density at radius 2 is 2.14 bits per heavy atom. The minimum Gasteiger partial charge on any atom is -0.384 e. The summed E-state index contributed by atoms with van der Waals surface area (Å²) in [6.45, 7) is 4.18. The van der Waals surface area contributed by atoms with E-state index in [1.165, 1.54) is 5.56 Å². The summed E-state index contributed by atoms with van der Waals surface area (Å²) in [6, 6.07) is 8.48. The van der Waals surface area contributed by atoms with Gasteiger partial charge in [0.1, 0.15) is 0 Å². The maximum Gasteiger partial charge on any atom is 0.224 e. The molecular formula is C16H21ClN2O2. The molecule has 5 heteroatoms. The lowest BCUT2D eigenvalue weighted by Gasteiger charge is -2.43. The number of methoxy groups -OCH3 is 1. The summed E-state index contributed by atoms with van der Waals surface area (Å²) in [6.07, 6.45) is 0.487. The van der Waals surface area contributed by atoms with Crippen LogP contribution in [0.3, 0.4) is 0 Å². The Kier molecular flexibility index (Phi) is 4.48. The fourth-order valence-electron chi connectivity index (χ4n) is 3.32. The molecule has 1 amide bonds. The van der Waals surface area contributed by atoms with E-state index >= 15 is 0 Å². The van der Waals surface area contributed by atoms with Gasteiger partial charge in [-0.25, -0.2) is 0 Å². The number of carbonyl (C=O) groups excluding carboxylic acids is 1. The summed E-state index contributed by atoms with van der Waals surface area (Å²) in [7, 11) is 1.63. The van der Waals surface area contributed by atoms with Crippen molar-refractivity contribution < 1.29 is 9.53 Å². The average molecular weight is 309 g/mol. The first-order chi connectivity index (χ1) is 10.2. The Hall–Kier alpha value is -1.10. The van der Waals surface area contributed by atoms with Gasteiger partial charge in [-0.15, -0.1) is 0 Å². The average Bonchev–Trinajstić information content (AvgIpc) is 2.81. The summed E-state index contributed by atoms with van der Waals surface area (Å²) in [5.74, 6) is 0.836. The SMILES string of the molecule is COCCC(=O)N1C[C@H]2CN(Cc3ccccc3Cl)[C@@H]2C1. The van der Waals surface area contributed by atoms with Gasteiger partial charge >= 0.3 is 0 Å². The molecule has 1 aromatic rings. The highest BCUT2D eigenvalue weighted by atomic mass is 35.5. The Morgan fingerprint density at radius 3 is 2.90 bits per heavy atom. The quantitative estimate of drug-likeness (QED) is 0.834. The third-order valence-electron chi connectivity index (χ3n) is 4.55. The zero-order valence-electron chi connectivity index (χ0n) is 12.3. The molecular weight excluding hydrogens is 288 g/mol. The van der Waals surface area contributed by atoms with Crippen LogP contribution >= 0.6 is 11.6 Å².